The molecule has 0 amide bonds. The summed E-state index contributed by atoms with van der Waals surface area (Å²) < 4.78 is 119. The minimum atomic E-state index is -2.90. The molecule has 0 fully saturated rings. The molecule has 4 heterocycles. The average molecular weight is 1150 g/mol. The smallest absolute Gasteiger partial charge is 0.268 e. The summed E-state index contributed by atoms with van der Waals surface area (Å²) in [7, 11) is 0. The van der Waals surface area contributed by atoms with Gasteiger partial charge in [0.1, 0.15) is 5.82 Å². The molecule has 0 radical (unpaired) electrons. The molecular formula is C68H52N4OPt-2. The molecule has 6 heteroatoms. The molecule has 0 spiro atoms. The summed E-state index contributed by atoms with van der Waals surface area (Å²) in [5.74, 6) is 1.51. The van der Waals surface area contributed by atoms with Crippen LogP contribution >= 0.6 is 0 Å². The number of fused-ring (bicyclic) bond motifs is 10. The molecule has 0 bridgehead atoms. The van der Waals surface area contributed by atoms with Crippen molar-refractivity contribution in [2.45, 2.75) is 53.6 Å². The molecule has 0 N–H and O–H groups in total. The number of benzene rings is 9. The summed E-state index contributed by atoms with van der Waals surface area (Å²) >= 11 is 0. The molecule has 362 valence electrons. The van der Waals surface area contributed by atoms with Crippen LogP contribution in [-0.4, -0.2) is 14.1 Å². The zero-order valence-electron chi connectivity index (χ0n) is 52.4. The van der Waals surface area contributed by atoms with Gasteiger partial charge >= 0.3 is 0 Å². The first-order chi connectivity index (χ1) is 40.3. The van der Waals surface area contributed by atoms with E-state index in [4.69, 9.17) is 26.2 Å². The quantitative estimate of drug-likeness (QED) is 0.123. The van der Waals surface area contributed by atoms with Gasteiger partial charge in [-0.15, -0.1) is 29.7 Å². The van der Waals surface area contributed by atoms with Gasteiger partial charge in [-0.05, 0) is 158 Å². The number of aromatic nitrogens is 4. The second kappa shape index (κ2) is 18.1. The summed E-state index contributed by atoms with van der Waals surface area (Å²) in [5, 5.41) is 2.00. The number of hydrogen-bond acceptors (Lipinski definition) is 2. The molecule has 0 saturated heterocycles. The van der Waals surface area contributed by atoms with Crippen LogP contribution in [0.2, 0.25) is 0 Å². The molecule has 1 aliphatic heterocycles. The standard InChI is InChI=1S/C68H52N4O.Pt/c1-42-18-14-19-43(2)64(42)46-36-58-54-27-11-9-25-52(54)51-24-8-10-26-53(51)57-29-17-31-61-67(57)71(66(58)59(37-46)65-44(3)20-15-21-45(65)4)41-70(61)48-22-16-23-49(39-48)73-50-32-33-56-55-28-12-13-30-60(55)72(62(56)40-50)63-38-47(34-35-69-63)68(5,6)7;/h8-38H,1-7H3;/q-2;/i1D3,2D3,3D3,4D3;. The van der Waals surface area contributed by atoms with Crippen LogP contribution in [-0.2, 0) is 26.5 Å². The van der Waals surface area contributed by atoms with Gasteiger partial charge in [-0.3, -0.25) is 4.57 Å². The zero-order chi connectivity index (χ0) is 59.7. The summed E-state index contributed by atoms with van der Waals surface area (Å²) in [6.45, 7) is -4.97. The molecule has 0 saturated carbocycles. The van der Waals surface area contributed by atoms with E-state index in [0.717, 1.165) is 55.4 Å². The number of para-hydroxylation sites is 2. The molecule has 3 aromatic heterocycles. The van der Waals surface area contributed by atoms with E-state index in [1.54, 1.807) is 18.2 Å². The van der Waals surface area contributed by atoms with Crippen molar-refractivity contribution in [2.75, 3.05) is 0 Å². The van der Waals surface area contributed by atoms with Gasteiger partial charge in [-0.25, -0.2) is 4.98 Å². The maximum atomic E-state index is 9.02. The Balaban J connectivity index is 0.00000724. The number of ether oxygens (including phenoxy) is 1. The molecular weight excluding hydrogens is 1080 g/mol. The predicted octanol–water partition coefficient (Wildman–Crippen LogP) is 16.8. The number of pyridine rings is 1. The Morgan fingerprint density at radius 3 is 1.81 bits per heavy atom. The number of rotatable bonds is 6. The van der Waals surface area contributed by atoms with Gasteiger partial charge in [0, 0.05) is 60.7 Å². The minimum absolute atomic E-state index is 0. The second-order valence-electron chi connectivity index (χ2n) is 19.5. The first-order valence-electron chi connectivity index (χ1n) is 30.1. The van der Waals surface area contributed by atoms with Crippen LogP contribution in [0, 0.1) is 45.9 Å². The molecule has 13 rings (SSSR count). The first kappa shape index (κ1) is 35.1. The third kappa shape index (κ3) is 7.64. The molecule has 1 aliphatic rings. The topological polar surface area (TPSA) is 35.9 Å². The van der Waals surface area contributed by atoms with Crippen LogP contribution in [0.15, 0.2) is 188 Å². The van der Waals surface area contributed by atoms with Crippen molar-refractivity contribution in [3.05, 3.63) is 234 Å². The van der Waals surface area contributed by atoms with E-state index in [0.29, 0.717) is 39.3 Å². The molecule has 9 aromatic carbocycles. The number of hydrogen-bond donors (Lipinski definition) is 0. The van der Waals surface area contributed by atoms with Crippen LogP contribution < -0.4 is 9.30 Å². The van der Waals surface area contributed by atoms with Gasteiger partial charge in [-0.2, -0.15) is 18.2 Å². The summed E-state index contributed by atoms with van der Waals surface area (Å²) in [4.78, 5) is 4.85. The van der Waals surface area contributed by atoms with Gasteiger partial charge in [-0.1, -0.05) is 148 Å². The SMILES string of the molecule is [2H]C([2H])([2H])c1cccc(C([2H])([2H])[2H])c1-c1cc2c(c(-c3c(C([2H])([2H])[2H])cccc3C([2H])([2H])[2H])c1)-[n+]1[c-]n(-c3[c-]c(Oc4[c-]c5c(cc4)c4ccccc4n5-c4cc(C(C)(C)C)ccn4)ccc3)c3cccc(c31)-c1ccccc1-c1ccccc1-2.[Pt]. The van der Waals surface area contributed by atoms with Gasteiger partial charge in [0.05, 0.1) is 16.7 Å². The maximum Gasteiger partial charge on any atom is 0.268 e. The molecule has 74 heavy (non-hydrogen) atoms. The van der Waals surface area contributed by atoms with Crippen molar-refractivity contribution in [2.24, 2.45) is 0 Å². The van der Waals surface area contributed by atoms with Crippen LogP contribution in [0.25, 0.3) is 106 Å². The number of aryl methyl sites for hydroxylation is 4. The number of nitrogens with zero attached hydrogens (tertiary/aromatic N) is 4. The molecule has 5 nitrogen and oxygen atoms in total. The summed E-state index contributed by atoms with van der Waals surface area (Å²) in [6.07, 6.45) is 5.49. The van der Waals surface area contributed by atoms with Crippen LogP contribution in [0.3, 0.4) is 0 Å². The van der Waals surface area contributed by atoms with E-state index >= 15 is 0 Å². The largest absolute Gasteiger partial charge is 0.510 e. The van der Waals surface area contributed by atoms with E-state index in [1.165, 1.54) is 36.4 Å². The third-order valence-corrected chi connectivity index (χ3v) is 14.0. The van der Waals surface area contributed by atoms with Crippen molar-refractivity contribution < 1.29 is 46.8 Å². The normalized spacial score (nSPS) is 15.0. The van der Waals surface area contributed by atoms with E-state index < -0.39 is 27.4 Å². The number of imidazole rings is 1. The zero-order valence-corrected chi connectivity index (χ0v) is 42.7. The fourth-order valence-electron chi connectivity index (χ4n) is 10.7. The Bertz CT molecular complexity index is 4630. The van der Waals surface area contributed by atoms with Crippen molar-refractivity contribution in [1.29, 1.82) is 0 Å². The Labute approximate surface area is 464 Å². The molecule has 0 aliphatic carbocycles. The van der Waals surface area contributed by atoms with Gasteiger partial charge < -0.3 is 13.9 Å². The van der Waals surface area contributed by atoms with Crippen molar-refractivity contribution in [1.82, 2.24) is 14.1 Å². The molecule has 0 unspecified atom stereocenters. The van der Waals surface area contributed by atoms with E-state index in [1.807, 2.05) is 125 Å². The van der Waals surface area contributed by atoms with Gasteiger partial charge in [0.25, 0.3) is 6.33 Å². The van der Waals surface area contributed by atoms with Gasteiger partial charge in [0.2, 0.25) is 0 Å². The Morgan fingerprint density at radius 1 is 0.527 bits per heavy atom. The Hall–Kier alpha value is -8.11. The van der Waals surface area contributed by atoms with Crippen molar-refractivity contribution >= 4 is 32.8 Å². The van der Waals surface area contributed by atoms with Crippen LogP contribution in [0.1, 0.15) is 65.0 Å². The maximum absolute atomic E-state index is 9.02. The Morgan fingerprint density at radius 2 is 1.11 bits per heavy atom. The summed E-state index contributed by atoms with van der Waals surface area (Å²) in [6, 6.07) is 61.7. The molecule has 12 aromatic rings. The fraction of sp³-hybridized carbons (Fsp3) is 0.118. The van der Waals surface area contributed by atoms with Crippen molar-refractivity contribution in [3.8, 4) is 84.3 Å². The minimum Gasteiger partial charge on any atom is -0.510 e. The fourth-order valence-corrected chi connectivity index (χ4v) is 10.7. The van der Waals surface area contributed by atoms with Gasteiger partial charge in [0.15, 0.2) is 0 Å². The second-order valence-corrected chi connectivity index (χ2v) is 19.5. The van der Waals surface area contributed by atoms with E-state index in [-0.39, 0.29) is 76.7 Å². The van der Waals surface area contributed by atoms with Crippen molar-refractivity contribution in [3.63, 3.8) is 0 Å². The predicted molar refractivity (Wildman–Crippen MR) is 298 cm³/mol. The van der Waals surface area contributed by atoms with Crippen LogP contribution in [0.4, 0.5) is 0 Å². The summed E-state index contributed by atoms with van der Waals surface area (Å²) in [5.41, 5.74) is 7.65. The van der Waals surface area contributed by atoms with E-state index in [2.05, 4.69) is 62.0 Å². The monoisotopic (exact) mass is 1150 g/mol. The average Bonchev–Trinajstić information content (AvgIpc) is 1.44. The molecule has 0 atom stereocenters. The van der Waals surface area contributed by atoms with Crippen LogP contribution in [0.5, 0.6) is 11.5 Å². The Kier molecular flexibility index (Phi) is 8.60. The third-order valence-electron chi connectivity index (χ3n) is 14.0. The van der Waals surface area contributed by atoms with E-state index in [9.17, 15) is 0 Å². The first-order valence-corrected chi connectivity index (χ1v) is 24.1.